The van der Waals surface area contributed by atoms with E-state index in [1.54, 1.807) is 30.7 Å². The van der Waals surface area contributed by atoms with Crippen molar-refractivity contribution in [3.05, 3.63) is 75.1 Å². The summed E-state index contributed by atoms with van der Waals surface area (Å²) in [7, 11) is 1.76. The van der Waals surface area contributed by atoms with Gasteiger partial charge in [-0.3, -0.25) is 19.7 Å². The number of hydrogen-bond acceptors (Lipinski definition) is 7. The van der Waals surface area contributed by atoms with Crippen LogP contribution in [-0.4, -0.2) is 37.3 Å². The second-order valence-corrected chi connectivity index (χ2v) is 8.50. The van der Waals surface area contributed by atoms with E-state index in [1.807, 2.05) is 32.0 Å². The largest absolute Gasteiger partial charge is 0.342 e. The van der Waals surface area contributed by atoms with Crippen LogP contribution in [-0.2, 0) is 11.8 Å². The van der Waals surface area contributed by atoms with Gasteiger partial charge < -0.3 is 15.2 Å². The molecule has 10 nitrogen and oxygen atoms in total. The molecule has 0 aliphatic carbocycles. The maximum atomic E-state index is 12.5. The van der Waals surface area contributed by atoms with Crippen molar-refractivity contribution < 1.29 is 14.5 Å². The number of nitro benzene ring substituents is 1. The number of anilines is 1. The Morgan fingerprint density at radius 3 is 2.64 bits per heavy atom. The van der Waals surface area contributed by atoms with Gasteiger partial charge in [0.1, 0.15) is 0 Å². The SMILES string of the molecule is Cc1cccc(C(=O)N[C@H](C)c2nnc(SCC(=O)Nc3cc([N+](=O)[O-])ccc3C)n2C)c1. The fourth-order valence-corrected chi connectivity index (χ4v) is 3.85. The van der Waals surface area contributed by atoms with E-state index < -0.39 is 11.0 Å². The number of benzene rings is 2. The Morgan fingerprint density at radius 1 is 1.18 bits per heavy atom. The van der Waals surface area contributed by atoms with Crippen molar-refractivity contribution in [1.29, 1.82) is 0 Å². The van der Waals surface area contributed by atoms with Crippen molar-refractivity contribution in [3.8, 4) is 0 Å². The lowest BCUT2D eigenvalue weighted by Crippen LogP contribution is -2.28. The van der Waals surface area contributed by atoms with Gasteiger partial charge in [0.25, 0.3) is 11.6 Å². The monoisotopic (exact) mass is 468 g/mol. The van der Waals surface area contributed by atoms with Crippen LogP contribution < -0.4 is 10.6 Å². The number of carbonyl (C=O) groups excluding carboxylic acids is 2. The van der Waals surface area contributed by atoms with Gasteiger partial charge in [-0.2, -0.15) is 0 Å². The van der Waals surface area contributed by atoms with Crippen molar-refractivity contribution in [2.24, 2.45) is 7.05 Å². The Bertz CT molecular complexity index is 1210. The third kappa shape index (κ3) is 5.95. The van der Waals surface area contributed by atoms with E-state index in [9.17, 15) is 19.7 Å². The van der Waals surface area contributed by atoms with Gasteiger partial charge in [-0.15, -0.1) is 10.2 Å². The molecule has 172 valence electrons. The van der Waals surface area contributed by atoms with Crippen LogP contribution in [0, 0.1) is 24.0 Å². The minimum absolute atomic E-state index is 0.0398. The van der Waals surface area contributed by atoms with Gasteiger partial charge in [0, 0.05) is 24.7 Å². The number of rotatable bonds is 8. The first-order valence-electron chi connectivity index (χ1n) is 10.1. The summed E-state index contributed by atoms with van der Waals surface area (Å²) in [6.07, 6.45) is 0. The van der Waals surface area contributed by atoms with Crippen LogP contribution in [0.3, 0.4) is 0 Å². The van der Waals surface area contributed by atoms with E-state index in [0.717, 1.165) is 11.1 Å². The Labute approximate surface area is 194 Å². The molecule has 11 heteroatoms. The maximum absolute atomic E-state index is 12.5. The Kier molecular flexibility index (Phi) is 7.44. The normalized spacial score (nSPS) is 11.6. The fourth-order valence-electron chi connectivity index (χ4n) is 3.13. The van der Waals surface area contributed by atoms with Gasteiger partial charge in [-0.25, -0.2) is 0 Å². The topological polar surface area (TPSA) is 132 Å². The number of thioether (sulfide) groups is 1. The van der Waals surface area contributed by atoms with Gasteiger partial charge in [-0.05, 0) is 38.5 Å². The predicted octanol–water partition coefficient (Wildman–Crippen LogP) is 3.56. The molecular weight excluding hydrogens is 444 g/mol. The Morgan fingerprint density at radius 2 is 1.94 bits per heavy atom. The van der Waals surface area contributed by atoms with Gasteiger partial charge in [-0.1, -0.05) is 35.5 Å². The molecule has 2 aromatic carbocycles. The van der Waals surface area contributed by atoms with E-state index in [0.29, 0.717) is 22.2 Å². The number of amides is 2. The molecule has 0 unspecified atom stereocenters. The van der Waals surface area contributed by atoms with Crippen LogP contribution in [0.5, 0.6) is 0 Å². The fraction of sp³-hybridized carbons (Fsp3) is 0.273. The molecule has 0 radical (unpaired) electrons. The van der Waals surface area contributed by atoms with Crippen molar-refractivity contribution in [3.63, 3.8) is 0 Å². The van der Waals surface area contributed by atoms with Crippen LogP contribution in [0.25, 0.3) is 0 Å². The van der Waals surface area contributed by atoms with E-state index in [1.165, 1.54) is 23.9 Å². The molecule has 3 aromatic rings. The van der Waals surface area contributed by atoms with E-state index in [2.05, 4.69) is 20.8 Å². The molecular formula is C22H24N6O4S. The first kappa shape index (κ1) is 23.9. The molecule has 0 saturated carbocycles. The molecule has 0 spiro atoms. The quantitative estimate of drug-likeness (QED) is 0.293. The number of hydrogen-bond donors (Lipinski definition) is 2. The van der Waals surface area contributed by atoms with Crippen molar-refractivity contribution in [2.45, 2.75) is 32.0 Å². The van der Waals surface area contributed by atoms with Gasteiger partial charge in [0.05, 0.1) is 22.4 Å². The molecule has 1 atom stereocenters. The lowest BCUT2D eigenvalue weighted by Gasteiger charge is -2.14. The molecule has 0 saturated heterocycles. The first-order chi connectivity index (χ1) is 15.7. The Hall–Kier alpha value is -3.73. The van der Waals surface area contributed by atoms with Crippen LogP contribution >= 0.6 is 11.8 Å². The smallest absolute Gasteiger partial charge is 0.271 e. The number of nitrogens with one attached hydrogen (secondary N) is 2. The molecule has 0 aliphatic rings. The van der Waals surface area contributed by atoms with Crippen LogP contribution in [0.1, 0.15) is 40.3 Å². The third-order valence-electron chi connectivity index (χ3n) is 4.92. The summed E-state index contributed by atoms with van der Waals surface area (Å²) in [5.74, 6) is 0.0514. The maximum Gasteiger partial charge on any atom is 0.271 e. The number of aromatic nitrogens is 3. The standard InChI is InChI=1S/C22H24N6O4S/c1-13-6-5-7-16(10-13)21(30)23-15(3)20-25-26-22(27(20)4)33-12-19(29)24-18-11-17(28(31)32)9-8-14(18)2/h5-11,15H,12H2,1-4H3,(H,23,30)(H,24,29)/t15-/m1/s1. The molecule has 1 aromatic heterocycles. The molecule has 2 N–H and O–H groups in total. The average molecular weight is 469 g/mol. The third-order valence-corrected chi connectivity index (χ3v) is 5.94. The molecule has 0 aliphatic heterocycles. The molecule has 33 heavy (non-hydrogen) atoms. The lowest BCUT2D eigenvalue weighted by molar-refractivity contribution is -0.384. The average Bonchev–Trinajstić information content (AvgIpc) is 3.14. The number of nitrogens with zero attached hydrogens (tertiary/aromatic N) is 4. The summed E-state index contributed by atoms with van der Waals surface area (Å²) >= 11 is 1.18. The predicted molar refractivity (Wildman–Crippen MR) is 125 cm³/mol. The van der Waals surface area contributed by atoms with Crippen LogP contribution in [0.2, 0.25) is 0 Å². The highest BCUT2D eigenvalue weighted by molar-refractivity contribution is 7.99. The lowest BCUT2D eigenvalue weighted by atomic mass is 10.1. The molecule has 3 rings (SSSR count). The zero-order chi connectivity index (χ0) is 24.1. The first-order valence-corrected chi connectivity index (χ1v) is 11.1. The second kappa shape index (κ2) is 10.3. The Balaban J connectivity index is 1.60. The molecule has 1 heterocycles. The van der Waals surface area contributed by atoms with Gasteiger partial charge in [0.2, 0.25) is 5.91 Å². The minimum atomic E-state index is -0.510. The van der Waals surface area contributed by atoms with E-state index >= 15 is 0 Å². The summed E-state index contributed by atoms with van der Waals surface area (Å²) < 4.78 is 1.72. The van der Waals surface area contributed by atoms with Crippen molar-refractivity contribution in [2.75, 3.05) is 11.1 Å². The summed E-state index contributed by atoms with van der Waals surface area (Å²) in [4.78, 5) is 35.3. The van der Waals surface area contributed by atoms with E-state index in [4.69, 9.17) is 0 Å². The van der Waals surface area contributed by atoms with Crippen molar-refractivity contribution >= 4 is 35.0 Å². The minimum Gasteiger partial charge on any atom is -0.342 e. The summed E-state index contributed by atoms with van der Waals surface area (Å²) in [6, 6.07) is 11.2. The molecule has 2 amide bonds. The highest BCUT2D eigenvalue weighted by Gasteiger charge is 2.19. The molecule has 0 fully saturated rings. The number of nitro groups is 1. The van der Waals surface area contributed by atoms with Gasteiger partial charge in [0.15, 0.2) is 11.0 Å². The van der Waals surface area contributed by atoms with Crippen LogP contribution in [0.4, 0.5) is 11.4 Å². The summed E-state index contributed by atoms with van der Waals surface area (Å²) in [5, 5.41) is 25.3. The zero-order valence-electron chi connectivity index (χ0n) is 18.7. The van der Waals surface area contributed by atoms with Gasteiger partial charge >= 0.3 is 0 Å². The van der Waals surface area contributed by atoms with Crippen LogP contribution in [0.15, 0.2) is 47.6 Å². The highest BCUT2D eigenvalue weighted by Crippen LogP contribution is 2.23. The summed E-state index contributed by atoms with van der Waals surface area (Å²) in [5.41, 5.74) is 2.57. The van der Waals surface area contributed by atoms with E-state index in [-0.39, 0.29) is 23.3 Å². The molecule has 0 bridgehead atoms. The number of aryl methyl sites for hydroxylation is 2. The number of non-ortho nitro benzene ring substituents is 1. The second-order valence-electron chi connectivity index (χ2n) is 7.56. The number of carbonyl (C=O) groups is 2. The highest BCUT2D eigenvalue weighted by atomic mass is 32.2. The zero-order valence-corrected chi connectivity index (χ0v) is 19.5. The summed E-state index contributed by atoms with van der Waals surface area (Å²) in [6.45, 7) is 5.49. The van der Waals surface area contributed by atoms with Crippen molar-refractivity contribution in [1.82, 2.24) is 20.1 Å².